The predicted molar refractivity (Wildman–Crippen MR) is 106 cm³/mol. The second-order valence-corrected chi connectivity index (χ2v) is 6.98. The van der Waals surface area contributed by atoms with Gasteiger partial charge in [0.15, 0.2) is 0 Å². The molecule has 138 valence electrons. The molecule has 1 unspecified atom stereocenters. The highest BCUT2D eigenvalue weighted by molar-refractivity contribution is 5.83. The van der Waals surface area contributed by atoms with E-state index >= 15 is 0 Å². The molecule has 26 heavy (non-hydrogen) atoms. The van der Waals surface area contributed by atoms with E-state index in [2.05, 4.69) is 46.2 Å². The molecule has 3 aromatic heterocycles. The maximum atomic E-state index is 12.5. The summed E-state index contributed by atoms with van der Waals surface area (Å²) in [5.41, 5.74) is 3.20. The maximum Gasteiger partial charge on any atom is 0.224 e. The first-order valence-corrected chi connectivity index (χ1v) is 9.34. The Kier molecular flexibility index (Phi) is 5.45. The summed E-state index contributed by atoms with van der Waals surface area (Å²) in [5, 5.41) is 1.13. The van der Waals surface area contributed by atoms with Crippen molar-refractivity contribution in [3.8, 4) is 11.4 Å². The topological polar surface area (TPSA) is 43.1 Å². The van der Waals surface area contributed by atoms with Crippen LogP contribution in [0.2, 0.25) is 0 Å². The lowest BCUT2D eigenvalue weighted by Crippen LogP contribution is -2.35. The standard InChI is InChI=1S/C21H28N4O/c1-5-8-16(2)23(3)20(26)11-14-25-13-7-10-18(25)19-15-17-9-6-12-22-21(17)24(19)4/h6-7,9-10,12-13,15-16H,5,8,11,14H2,1-4H3. The highest BCUT2D eigenvalue weighted by Crippen LogP contribution is 2.26. The maximum absolute atomic E-state index is 12.5. The van der Waals surface area contributed by atoms with E-state index in [1.807, 2.05) is 43.5 Å². The van der Waals surface area contributed by atoms with Crippen LogP contribution in [0.1, 0.15) is 33.1 Å². The molecule has 0 aliphatic carbocycles. The summed E-state index contributed by atoms with van der Waals surface area (Å²) in [6, 6.07) is 10.6. The van der Waals surface area contributed by atoms with Crippen LogP contribution in [-0.2, 0) is 18.4 Å². The number of pyridine rings is 1. The molecule has 0 aromatic carbocycles. The molecule has 0 N–H and O–H groups in total. The molecule has 0 spiro atoms. The third-order valence-corrected chi connectivity index (χ3v) is 5.21. The molecule has 0 saturated carbocycles. The number of aromatic nitrogens is 3. The molecule has 3 rings (SSSR count). The molecule has 3 heterocycles. The number of hydrogen-bond acceptors (Lipinski definition) is 2. The number of carbonyl (C=O) groups excluding carboxylic acids is 1. The molecule has 0 saturated heterocycles. The molecule has 5 heteroatoms. The van der Waals surface area contributed by atoms with Crippen LogP contribution in [0.4, 0.5) is 0 Å². The van der Waals surface area contributed by atoms with Gasteiger partial charge in [0, 0.05) is 50.9 Å². The number of amides is 1. The summed E-state index contributed by atoms with van der Waals surface area (Å²) < 4.78 is 4.27. The third kappa shape index (κ3) is 3.52. The van der Waals surface area contributed by atoms with Gasteiger partial charge in [-0.25, -0.2) is 4.98 Å². The van der Waals surface area contributed by atoms with Gasteiger partial charge >= 0.3 is 0 Å². The van der Waals surface area contributed by atoms with Crippen molar-refractivity contribution in [2.75, 3.05) is 7.05 Å². The fraction of sp³-hybridized carbons (Fsp3) is 0.429. The van der Waals surface area contributed by atoms with Crippen LogP contribution < -0.4 is 0 Å². The average Bonchev–Trinajstić information content (AvgIpc) is 3.23. The zero-order chi connectivity index (χ0) is 18.7. The lowest BCUT2D eigenvalue weighted by atomic mass is 10.1. The molecular formula is C21H28N4O. The summed E-state index contributed by atoms with van der Waals surface area (Å²) in [6.45, 7) is 4.95. The lowest BCUT2D eigenvalue weighted by molar-refractivity contribution is -0.132. The molecule has 0 bridgehead atoms. The number of hydrogen-bond donors (Lipinski definition) is 0. The quantitative estimate of drug-likeness (QED) is 0.643. The first-order valence-electron chi connectivity index (χ1n) is 9.34. The fourth-order valence-electron chi connectivity index (χ4n) is 3.50. The molecule has 5 nitrogen and oxygen atoms in total. The molecule has 1 amide bonds. The van der Waals surface area contributed by atoms with Crippen LogP contribution >= 0.6 is 0 Å². The Balaban J connectivity index is 1.76. The Bertz CT molecular complexity index is 892. The molecule has 0 radical (unpaired) electrons. The van der Waals surface area contributed by atoms with Crippen LogP contribution in [0.5, 0.6) is 0 Å². The first-order chi connectivity index (χ1) is 12.5. The van der Waals surface area contributed by atoms with Crippen molar-refractivity contribution >= 4 is 16.9 Å². The van der Waals surface area contributed by atoms with Gasteiger partial charge in [-0.3, -0.25) is 4.79 Å². The summed E-state index contributed by atoms with van der Waals surface area (Å²) in [6.07, 6.45) is 6.50. The van der Waals surface area contributed by atoms with Crippen molar-refractivity contribution in [1.29, 1.82) is 0 Å². The van der Waals surface area contributed by atoms with E-state index in [-0.39, 0.29) is 5.91 Å². The zero-order valence-corrected chi connectivity index (χ0v) is 16.1. The smallest absolute Gasteiger partial charge is 0.224 e. The second kappa shape index (κ2) is 7.77. The third-order valence-electron chi connectivity index (χ3n) is 5.21. The van der Waals surface area contributed by atoms with Crippen molar-refractivity contribution < 1.29 is 4.79 Å². The van der Waals surface area contributed by atoms with Crippen molar-refractivity contribution in [1.82, 2.24) is 19.0 Å². The lowest BCUT2D eigenvalue weighted by Gasteiger charge is -2.25. The van der Waals surface area contributed by atoms with Crippen molar-refractivity contribution in [3.63, 3.8) is 0 Å². The SMILES string of the molecule is CCCC(C)N(C)C(=O)CCn1cccc1-c1cc2cccnc2n1C. The highest BCUT2D eigenvalue weighted by Gasteiger charge is 2.16. The van der Waals surface area contributed by atoms with E-state index in [1.54, 1.807) is 0 Å². The molecule has 0 fully saturated rings. The summed E-state index contributed by atoms with van der Waals surface area (Å²) in [4.78, 5) is 18.9. The van der Waals surface area contributed by atoms with Gasteiger partial charge in [-0.05, 0) is 43.7 Å². The van der Waals surface area contributed by atoms with Gasteiger partial charge in [-0.1, -0.05) is 13.3 Å². The van der Waals surface area contributed by atoms with Crippen molar-refractivity contribution in [2.24, 2.45) is 7.05 Å². The number of aryl methyl sites for hydroxylation is 2. The van der Waals surface area contributed by atoms with Crippen LogP contribution in [0.15, 0.2) is 42.7 Å². The van der Waals surface area contributed by atoms with Gasteiger partial charge in [-0.15, -0.1) is 0 Å². The van der Waals surface area contributed by atoms with Gasteiger partial charge in [0.05, 0.1) is 11.4 Å². The number of nitrogens with zero attached hydrogens (tertiary/aromatic N) is 4. The molecule has 1 atom stereocenters. The van der Waals surface area contributed by atoms with Gasteiger partial charge in [0.1, 0.15) is 5.65 Å². The van der Waals surface area contributed by atoms with E-state index in [0.29, 0.717) is 19.0 Å². The number of fused-ring (bicyclic) bond motifs is 1. The predicted octanol–water partition coefficient (Wildman–Crippen LogP) is 4.08. The molecule has 0 aliphatic rings. The fourth-order valence-corrected chi connectivity index (χ4v) is 3.50. The van der Waals surface area contributed by atoms with Crippen LogP contribution in [-0.4, -0.2) is 38.0 Å². The minimum Gasteiger partial charge on any atom is -0.346 e. The normalized spacial score (nSPS) is 12.5. The molecule has 0 aliphatic heterocycles. The van der Waals surface area contributed by atoms with E-state index < -0.39 is 0 Å². The number of rotatable bonds is 7. The molecular weight excluding hydrogens is 324 g/mol. The van der Waals surface area contributed by atoms with Crippen LogP contribution in [0.25, 0.3) is 22.4 Å². The summed E-state index contributed by atoms with van der Waals surface area (Å²) in [5.74, 6) is 0.198. The minimum absolute atomic E-state index is 0.198. The van der Waals surface area contributed by atoms with Crippen LogP contribution in [0.3, 0.4) is 0 Å². The first kappa shape index (κ1) is 18.2. The Morgan fingerprint density at radius 3 is 2.81 bits per heavy atom. The Hall–Kier alpha value is -2.56. The highest BCUT2D eigenvalue weighted by atomic mass is 16.2. The largest absolute Gasteiger partial charge is 0.346 e. The van der Waals surface area contributed by atoms with Gasteiger partial charge in [-0.2, -0.15) is 0 Å². The minimum atomic E-state index is 0.198. The van der Waals surface area contributed by atoms with Crippen molar-refractivity contribution in [3.05, 3.63) is 42.7 Å². The van der Waals surface area contributed by atoms with Gasteiger partial charge in [0.2, 0.25) is 5.91 Å². The summed E-state index contributed by atoms with van der Waals surface area (Å²) in [7, 11) is 3.95. The van der Waals surface area contributed by atoms with E-state index in [1.165, 1.54) is 0 Å². The molecule has 3 aromatic rings. The summed E-state index contributed by atoms with van der Waals surface area (Å²) >= 11 is 0. The number of carbonyl (C=O) groups is 1. The Morgan fingerprint density at radius 1 is 1.27 bits per heavy atom. The average molecular weight is 352 g/mol. The second-order valence-electron chi connectivity index (χ2n) is 6.98. The Labute approximate surface area is 155 Å². The zero-order valence-electron chi connectivity index (χ0n) is 16.1. The van der Waals surface area contributed by atoms with Crippen LogP contribution in [0, 0.1) is 0 Å². The van der Waals surface area contributed by atoms with Gasteiger partial charge < -0.3 is 14.0 Å². The Morgan fingerprint density at radius 2 is 2.08 bits per heavy atom. The van der Waals surface area contributed by atoms with Gasteiger partial charge in [0.25, 0.3) is 0 Å². The van der Waals surface area contributed by atoms with E-state index in [9.17, 15) is 4.79 Å². The monoisotopic (exact) mass is 352 g/mol. The van der Waals surface area contributed by atoms with Crippen molar-refractivity contribution in [2.45, 2.75) is 45.7 Å². The van der Waals surface area contributed by atoms with E-state index in [4.69, 9.17) is 0 Å². The van der Waals surface area contributed by atoms with E-state index in [0.717, 1.165) is 35.3 Å².